The van der Waals surface area contributed by atoms with Crippen LogP contribution >= 0.6 is 15.9 Å². The standard InChI is InChI=1S/C20H23BrN2O4/c1-23(2)20(25)14-27-17-10-8-16(9-11-17)22-19(24)7-4-12-26-18-6-3-5-15(21)13-18/h3,5-6,8-11,13H,4,7,12,14H2,1-2H3,(H,22,24). The number of nitrogens with zero attached hydrogens (tertiary/aromatic N) is 1. The Kier molecular flexibility index (Phi) is 8.13. The molecule has 2 aromatic carbocycles. The van der Waals surface area contributed by atoms with Crippen molar-refractivity contribution in [2.24, 2.45) is 0 Å². The Hall–Kier alpha value is -2.54. The summed E-state index contributed by atoms with van der Waals surface area (Å²) < 4.78 is 12.0. The van der Waals surface area contributed by atoms with Crippen molar-refractivity contribution in [3.05, 3.63) is 53.0 Å². The molecule has 0 fully saturated rings. The highest BCUT2D eigenvalue weighted by Crippen LogP contribution is 2.18. The zero-order valence-electron chi connectivity index (χ0n) is 15.4. The van der Waals surface area contributed by atoms with E-state index in [1.54, 1.807) is 38.4 Å². The number of halogens is 1. The highest BCUT2D eigenvalue weighted by atomic mass is 79.9. The number of anilines is 1. The molecule has 144 valence electrons. The molecular formula is C20H23BrN2O4. The molecule has 0 spiro atoms. The average molecular weight is 435 g/mol. The average Bonchev–Trinajstić information content (AvgIpc) is 2.64. The second-order valence-corrected chi connectivity index (χ2v) is 6.97. The number of rotatable bonds is 9. The Labute approximate surface area is 167 Å². The molecule has 27 heavy (non-hydrogen) atoms. The van der Waals surface area contributed by atoms with Crippen molar-refractivity contribution in [1.29, 1.82) is 0 Å². The summed E-state index contributed by atoms with van der Waals surface area (Å²) >= 11 is 3.39. The van der Waals surface area contributed by atoms with Crippen LogP contribution in [0, 0.1) is 0 Å². The van der Waals surface area contributed by atoms with Crippen LogP contribution in [0.3, 0.4) is 0 Å². The molecule has 1 N–H and O–H groups in total. The minimum absolute atomic E-state index is 0.0172. The number of carbonyl (C=O) groups is 2. The van der Waals surface area contributed by atoms with Crippen molar-refractivity contribution >= 4 is 33.4 Å². The first kappa shape index (κ1) is 20.8. The molecule has 0 aliphatic rings. The normalized spacial score (nSPS) is 10.2. The topological polar surface area (TPSA) is 67.9 Å². The van der Waals surface area contributed by atoms with Crippen LogP contribution in [0.25, 0.3) is 0 Å². The predicted octanol–water partition coefficient (Wildman–Crippen LogP) is 3.71. The lowest BCUT2D eigenvalue weighted by atomic mass is 10.2. The fraction of sp³-hybridized carbons (Fsp3) is 0.300. The van der Waals surface area contributed by atoms with E-state index in [1.165, 1.54) is 4.90 Å². The second kappa shape index (κ2) is 10.6. The molecule has 0 unspecified atom stereocenters. The predicted molar refractivity (Wildman–Crippen MR) is 108 cm³/mol. The third-order valence-electron chi connectivity index (χ3n) is 3.61. The quantitative estimate of drug-likeness (QED) is 0.610. The van der Waals surface area contributed by atoms with E-state index in [2.05, 4.69) is 21.2 Å². The van der Waals surface area contributed by atoms with Crippen LogP contribution in [0.15, 0.2) is 53.0 Å². The molecule has 0 radical (unpaired) electrons. The first-order chi connectivity index (χ1) is 12.9. The third-order valence-corrected chi connectivity index (χ3v) is 4.11. The van der Waals surface area contributed by atoms with E-state index in [9.17, 15) is 9.59 Å². The monoisotopic (exact) mass is 434 g/mol. The van der Waals surface area contributed by atoms with Gasteiger partial charge in [0.05, 0.1) is 6.61 Å². The van der Waals surface area contributed by atoms with Crippen molar-refractivity contribution in [3.8, 4) is 11.5 Å². The van der Waals surface area contributed by atoms with E-state index in [1.807, 2.05) is 24.3 Å². The summed E-state index contributed by atoms with van der Waals surface area (Å²) in [5.41, 5.74) is 0.680. The Morgan fingerprint density at radius 2 is 1.78 bits per heavy atom. The lowest BCUT2D eigenvalue weighted by Crippen LogP contribution is -2.27. The number of benzene rings is 2. The molecule has 2 rings (SSSR count). The Morgan fingerprint density at radius 3 is 2.44 bits per heavy atom. The van der Waals surface area contributed by atoms with Gasteiger partial charge in [-0.2, -0.15) is 0 Å². The van der Waals surface area contributed by atoms with Gasteiger partial charge < -0.3 is 19.7 Å². The lowest BCUT2D eigenvalue weighted by Gasteiger charge is -2.12. The van der Waals surface area contributed by atoms with Crippen LogP contribution in [0.5, 0.6) is 11.5 Å². The number of amides is 2. The van der Waals surface area contributed by atoms with Gasteiger partial charge in [0.25, 0.3) is 5.91 Å². The fourth-order valence-corrected chi connectivity index (χ4v) is 2.49. The number of nitrogens with one attached hydrogen (secondary N) is 1. The van der Waals surface area contributed by atoms with Gasteiger partial charge in [-0.1, -0.05) is 22.0 Å². The lowest BCUT2D eigenvalue weighted by molar-refractivity contribution is -0.130. The number of likely N-dealkylation sites (N-methyl/N-ethyl adjacent to an activating group) is 1. The van der Waals surface area contributed by atoms with Gasteiger partial charge in [-0.25, -0.2) is 0 Å². The van der Waals surface area contributed by atoms with Gasteiger partial charge >= 0.3 is 0 Å². The molecule has 0 aliphatic carbocycles. The Morgan fingerprint density at radius 1 is 1.04 bits per heavy atom. The molecular weight excluding hydrogens is 412 g/mol. The van der Waals surface area contributed by atoms with Crippen molar-refractivity contribution in [2.75, 3.05) is 32.6 Å². The van der Waals surface area contributed by atoms with Crippen molar-refractivity contribution in [3.63, 3.8) is 0 Å². The smallest absolute Gasteiger partial charge is 0.259 e. The number of ether oxygens (including phenoxy) is 2. The first-order valence-corrected chi connectivity index (χ1v) is 9.34. The van der Waals surface area contributed by atoms with Crippen LogP contribution < -0.4 is 14.8 Å². The van der Waals surface area contributed by atoms with Crippen LogP contribution in [0.4, 0.5) is 5.69 Å². The Bertz CT molecular complexity index is 763. The zero-order chi connectivity index (χ0) is 19.6. The van der Waals surface area contributed by atoms with Crippen LogP contribution in [0.2, 0.25) is 0 Å². The SMILES string of the molecule is CN(C)C(=O)COc1ccc(NC(=O)CCCOc2cccc(Br)c2)cc1. The molecule has 0 heterocycles. The van der Waals surface area contributed by atoms with E-state index in [0.29, 0.717) is 30.9 Å². The number of hydrogen-bond acceptors (Lipinski definition) is 4. The maximum Gasteiger partial charge on any atom is 0.259 e. The van der Waals surface area contributed by atoms with Crippen molar-refractivity contribution < 1.29 is 19.1 Å². The van der Waals surface area contributed by atoms with E-state index < -0.39 is 0 Å². The zero-order valence-corrected chi connectivity index (χ0v) is 17.0. The van der Waals surface area contributed by atoms with E-state index in [4.69, 9.17) is 9.47 Å². The molecule has 7 heteroatoms. The van der Waals surface area contributed by atoms with Gasteiger partial charge in [0.1, 0.15) is 11.5 Å². The maximum absolute atomic E-state index is 12.0. The summed E-state index contributed by atoms with van der Waals surface area (Å²) in [5.74, 6) is 1.15. The molecule has 0 aliphatic heterocycles. The van der Waals surface area contributed by atoms with Crippen LogP contribution in [0.1, 0.15) is 12.8 Å². The van der Waals surface area contributed by atoms with Crippen molar-refractivity contribution in [2.45, 2.75) is 12.8 Å². The molecule has 2 amide bonds. The third kappa shape index (κ3) is 7.70. The number of carbonyl (C=O) groups excluding carboxylic acids is 2. The summed E-state index contributed by atoms with van der Waals surface area (Å²) in [6, 6.07) is 14.5. The number of hydrogen-bond donors (Lipinski definition) is 1. The van der Waals surface area contributed by atoms with E-state index in [-0.39, 0.29) is 18.4 Å². The van der Waals surface area contributed by atoms with Gasteiger partial charge in [0.15, 0.2) is 6.61 Å². The van der Waals surface area contributed by atoms with Gasteiger partial charge in [0.2, 0.25) is 5.91 Å². The largest absolute Gasteiger partial charge is 0.494 e. The molecule has 2 aromatic rings. The van der Waals surface area contributed by atoms with Gasteiger partial charge in [0, 0.05) is 30.7 Å². The highest BCUT2D eigenvalue weighted by Gasteiger charge is 2.06. The van der Waals surface area contributed by atoms with E-state index in [0.717, 1.165) is 10.2 Å². The molecule has 0 aromatic heterocycles. The highest BCUT2D eigenvalue weighted by molar-refractivity contribution is 9.10. The summed E-state index contributed by atoms with van der Waals surface area (Å²) in [6.07, 6.45) is 0.982. The molecule has 0 saturated carbocycles. The molecule has 0 saturated heterocycles. The summed E-state index contributed by atoms with van der Waals surface area (Å²) in [6.45, 7) is 0.452. The minimum atomic E-state index is -0.113. The summed E-state index contributed by atoms with van der Waals surface area (Å²) in [5, 5.41) is 2.83. The van der Waals surface area contributed by atoms with Crippen LogP contribution in [-0.2, 0) is 9.59 Å². The summed E-state index contributed by atoms with van der Waals surface area (Å²) in [7, 11) is 3.35. The summed E-state index contributed by atoms with van der Waals surface area (Å²) in [4.78, 5) is 25.0. The van der Waals surface area contributed by atoms with E-state index >= 15 is 0 Å². The second-order valence-electron chi connectivity index (χ2n) is 6.06. The molecule has 6 nitrogen and oxygen atoms in total. The Balaban J connectivity index is 1.68. The molecule has 0 atom stereocenters. The van der Waals surface area contributed by atoms with Gasteiger partial charge in [-0.3, -0.25) is 9.59 Å². The fourth-order valence-electron chi connectivity index (χ4n) is 2.11. The molecule has 0 bridgehead atoms. The maximum atomic E-state index is 12.0. The van der Waals surface area contributed by atoms with Gasteiger partial charge in [-0.15, -0.1) is 0 Å². The van der Waals surface area contributed by atoms with Gasteiger partial charge in [-0.05, 0) is 48.9 Å². The van der Waals surface area contributed by atoms with Crippen molar-refractivity contribution in [1.82, 2.24) is 4.90 Å². The first-order valence-electron chi connectivity index (χ1n) is 8.55. The van der Waals surface area contributed by atoms with Crippen LogP contribution in [-0.4, -0.2) is 44.0 Å². The minimum Gasteiger partial charge on any atom is -0.494 e.